The van der Waals surface area contributed by atoms with Crippen LogP contribution in [0.3, 0.4) is 0 Å². The summed E-state index contributed by atoms with van der Waals surface area (Å²) in [7, 11) is 3.70. The zero-order valence-electron chi connectivity index (χ0n) is 12.3. The Morgan fingerprint density at radius 3 is 2.67 bits per heavy atom. The first-order chi connectivity index (χ1) is 10.1. The highest BCUT2D eigenvalue weighted by molar-refractivity contribution is 7.21. The Kier molecular flexibility index (Phi) is 3.73. The van der Waals surface area contributed by atoms with E-state index in [2.05, 4.69) is 11.9 Å². The minimum absolute atomic E-state index is 0.0424. The Bertz CT molecular complexity index is 675. The summed E-state index contributed by atoms with van der Waals surface area (Å²) in [6, 6.07) is 5.72. The van der Waals surface area contributed by atoms with Gasteiger partial charge in [0.15, 0.2) is 0 Å². The van der Waals surface area contributed by atoms with Gasteiger partial charge in [-0.15, -0.1) is 11.3 Å². The number of thiophene rings is 1. The molecule has 21 heavy (non-hydrogen) atoms. The Balaban J connectivity index is 1.92. The molecular formula is C15H19N3O2S. The maximum Gasteiger partial charge on any atom is 0.266 e. The molecule has 1 amide bonds. The number of likely N-dealkylation sites (N-methyl/N-ethyl adjacent to an activating group) is 1. The Morgan fingerprint density at radius 2 is 2.00 bits per heavy atom. The van der Waals surface area contributed by atoms with Crippen molar-refractivity contribution >= 4 is 33.0 Å². The van der Waals surface area contributed by atoms with Crippen molar-refractivity contribution in [3.63, 3.8) is 0 Å². The second-order valence-electron chi connectivity index (χ2n) is 5.30. The molecule has 1 saturated heterocycles. The Hall–Kier alpha value is -1.79. The third-order valence-corrected chi connectivity index (χ3v) is 5.08. The monoisotopic (exact) mass is 305 g/mol. The van der Waals surface area contributed by atoms with E-state index >= 15 is 0 Å². The number of nitrogens with two attached hydrogens (primary N) is 1. The average Bonchev–Trinajstić information content (AvgIpc) is 2.83. The number of piperazine rings is 1. The standard InChI is InChI=1S/C15H19N3O2S/c1-17-5-7-18(8-6-17)15(19)14-13(16)11-4-3-10(20-2)9-12(11)21-14/h3-4,9H,5-8,16H2,1-2H3. The highest BCUT2D eigenvalue weighted by atomic mass is 32.1. The summed E-state index contributed by atoms with van der Waals surface area (Å²) >= 11 is 1.45. The van der Waals surface area contributed by atoms with Crippen LogP contribution in [-0.4, -0.2) is 56.0 Å². The van der Waals surface area contributed by atoms with Crippen LogP contribution in [0.5, 0.6) is 5.75 Å². The van der Waals surface area contributed by atoms with Crippen LogP contribution in [0.4, 0.5) is 5.69 Å². The van der Waals surface area contributed by atoms with Crippen LogP contribution in [0.15, 0.2) is 18.2 Å². The van der Waals surface area contributed by atoms with Crippen LogP contribution >= 0.6 is 11.3 Å². The molecule has 0 saturated carbocycles. The number of methoxy groups -OCH3 is 1. The summed E-state index contributed by atoms with van der Waals surface area (Å²) in [5.41, 5.74) is 6.76. The number of anilines is 1. The molecule has 1 aromatic heterocycles. The van der Waals surface area contributed by atoms with Crippen molar-refractivity contribution in [3.05, 3.63) is 23.1 Å². The van der Waals surface area contributed by atoms with Crippen molar-refractivity contribution in [3.8, 4) is 5.75 Å². The summed E-state index contributed by atoms with van der Waals surface area (Å²) in [6.45, 7) is 3.33. The lowest BCUT2D eigenvalue weighted by molar-refractivity contribution is 0.0670. The van der Waals surface area contributed by atoms with Crippen molar-refractivity contribution in [2.24, 2.45) is 0 Å². The molecule has 2 aromatic rings. The fraction of sp³-hybridized carbons (Fsp3) is 0.400. The van der Waals surface area contributed by atoms with Gasteiger partial charge in [-0.2, -0.15) is 0 Å². The van der Waals surface area contributed by atoms with E-state index in [0.29, 0.717) is 10.6 Å². The molecule has 0 bridgehead atoms. The fourth-order valence-electron chi connectivity index (χ4n) is 2.54. The number of fused-ring (bicyclic) bond motifs is 1. The molecule has 112 valence electrons. The summed E-state index contributed by atoms with van der Waals surface area (Å²) in [5, 5.41) is 0.929. The van der Waals surface area contributed by atoms with Crippen molar-refractivity contribution in [1.29, 1.82) is 0 Å². The summed E-state index contributed by atoms with van der Waals surface area (Å²) in [4.78, 5) is 17.4. The number of rotatable bonds is 2. The quantitative estimate of drug-likeness (QED) is 0.920. The molecule has 1 fully saturated rings. The topological polar surface area (TPSA) is 58.8 Å². The molecule has 2 heterocycles. The maximum atomic E-state index is 12.7. The van der Waals surface area contributed by atoms with E-state index in [-0.39, 0.29) is 5.91 Å². The van der Waals surface area contributed by atoms with Gasteiger partial charge in [-0.05, 0) is 25.2 Å². The molecule has 0 radical (unpaired) electrons. The van der Waals surface area contributed by atoms with Gasteiger partial charge in [-0.1, -0.05) is 0 Å². The van der Waals surface area contributed by atoms with Crippen LogP contribution in [0.1, 0.15) is 9.67 Å². The Morgan fingerprint density at radius 1 is 1.29 bits per heavy atom. The Labute approximate surface area is 127 Å². The number of ether oxygens (including phenoxy) is 1. The van der Waals surface area contributed by atoms with Gasteiger partial charge in [-0.3, -0.25) is 4.79 Å². The van der Waals surface area contributed by atoms with Gasteiger partial charge in [0, 0.05) is 36.3 Å². The van der Waals surface area contributed by atoms with Crippen molar-refractivity contribution in [2.75, 3.05) is 46.1 Å². The van der Waals surface area contributed by atoms with E-state index in [0.717, 1.165) is 42.0 Å². The lowest BCUT2D eigenvalue weighted by Crippen LogP contribution is -2.47. The predicted molar refractivity (Wildman–Crippen MR) is 86.2 cm³/mol. The number of amides is 1. The summed E-state index contributed by atoms with van der Waals surface area (Å²) in [5.74, 6) is 0.822. The number of hydrogen-bond acceptors (Lipinski definition) is 5. The molecule has 1 aliphatic rings. The van der Waals surface area contributed by atoms with Gasteiger partial charge in [0.05, 0.1) is 12.8 Å². The molecule has 5 nitrogen and oxygen atoms in total. The van der Waals surface area contributed by atoms with E-state index in [1.807, 2.05) is 23.1 Å². The van der Waals surface area contributed by atoms with E-state index < -0.39 is 0 Å². The molecular weight excluding hydrogens is 286 g/mol. The third-order valence-electron chi connectivity index (χ3n) is 3.92. The predicted octanol–water partition coefficient (Wildman–Crippen LogP) is 1.88. The largest absolute Gasteiger partial charge is 0.497 e. The normalized spacial score (nSPS) is 16.4. The van der Waals surface area contributed by atoms with Gasteiger partial charge in [0.2, 0.25) is 0 Å². The van der Waals surface area contributed by atoms with Crippen molar-refractivity contribution in [2.45, 2.75) is 0 Å². The zero-order chi connectivity index (χ0) is 15.0. The number of nitrogens with zero attached hydrogens (tertiary/aromatic N) is 2. The molecule has 3 rings (SSSR count). The van der Waals surface area contributed by atoms with Crippen LogP contribution in [0.25, 0.3) is 10.1 Å². The number of carbonyl (C=O) groups excluding carboxylic acids is 1. The van der Waals surface area contributed by atoms with E-state index in [1.54, 1.807) is 7.11 Å². The van der Waals surface area contributed by atoms with Crippen LogP contribution in [-0.2, 0) is 0 Å². The number of nitrogen functional groups attached to an aromatic ring is 1. The summed E-state index contributed by atoms with van der Waals surface area (Å²) < 4.78 is 6.22. The van der Waals surface area contributed by atoms with Crippen molar-refractivity contribution in [1.82, 2.24) is 9.80 Å². The van der Waals surface area contributed by atoms with Crippen LogP contribution < -0.4 is 10.5 Å². The smallest absolute Gasteiger partial charge is 0.266 e. The van der Waals surface area contributed by atoms with Gasteiger partial charge in [0.25, 0.3) is 5.91 Å². The second kappa shape index (κ2) is 5.54. The minimum atomic E-state index is 0.0424. The van der Waals surface area contributed by atoms with Gasteiger partial charge in [-0.25, -0.2) is 0 Å². The number of benzene rings is 1. The minimum Gasteiger partial charge on any atom is -0.497 e. The van der Waals surface area contributed by atoms with Crippen LogP contribution in [0.2, 0.25) is 0 Å². The van der Waals surface area contributed by atoms with E-state index in [1.165, 1.54) is 11.3 Å². The second-order valence-corrected chi connectivity index (χ2v) is 6.35. The number of hydrogen-bond donors (Lipinski definition) is 1. The van der Waals surface area contributed by atoms with Gasteiger partial charge >= 0.3 is 0 Å². The van der Waals surface area contributed by atoms with Crippen molar-refractivity contribution < 1.29 is 9.53 Å². The molecule has 0 unspecified atom stereocenters. The maximum absolute atomic E-state index is 12.7. The molecule has 0 aliphatic carbocycles. The van der Waals surface area contributed by atoms with Gasteiger partial charge in [0.1, 0.15) is 10.6 Å². The third kappa shape index (κ3) is 2.56. The molecule has 0 spiro atoms. The van der Waals surface area contributed by atoms with E-state index in [4.69, 9.17) is 10.5 Å². The molecule has 0 atom stereocenters. The SMILES string of the molecule is COc1ccc2c(N)c(C(=O)N3CCN(C)CC3)sc2c1. The first-order valence-corrected chi connectivity index (χ1v) is 7.75. The molecule has 2 N–H and O–H groups in total. The fourth-order valence-corrected chi connectivity index (χ4v) is 3.66. The average molecular weight is 305 g/mol. The lowest BCUT2D eigenvalue weighted by atomic mass is 10.2. The molecule has 6 heteroatoms. The molecule has 1 aromatic carbocycles. The first-order valence-electron chi connectivity index (χ1n) is 6.94. The van der Waals surface area contributed by atoms with Crippen LogP contribution in [0, 0.1) is 0 Å². The highest BCUT2D eigenvalue weighted by Gasteiger charge is 2.24. The number of carbonyl (C=O) groups is 1. The van der Waals surface area contributed by atoms with E-state index in [9.17, 15) is 4.79 Å². The van der Waals surface area contributed by atoms with Gasteiger partial charge < -0.3 is 20.3 Å². The lowest BCUT2D eigenvalue weighted by Gasteiger charge is -2.32. The first kappa shape index (κ1) is 14.2. The summed E-state index contributed by atoms with van der Waals surface area (Å²) in [6.07, 6.45) is 0. The molecule has 1 aliphatic heterocycles. The zero-order valence-corrected chi connectivity index (χ0v) is 13.1. The highest BCUT2D eigenvalue weighted by Crippen LogP contribution is 2.36.